The van der Waals surface area contributed by atoms with E-state index in [2.05, 4.69) is 15.2 Å². The molecule has 3 rings (SSSR count). The van der Waals surface area contributed by atoms with Crippen LogP contribution in [-0.4, -0.2) is 41.5 Å². The number of piperidine rings is 1. The number of carbonyl (C=O) groups excluding carboxylic acids is 1. The summed E-state index contributed by atoms with van der Waals surface area (Å²) in [7, 11) is 0. The van der Waals surface area contributed by atoms with Crippen molar-refractivity contribution < 1.29 is 9.18 Å². The van der Waals surface area contributed by atoms with E-state index in [9.17, 15) is 9.18 Å². The fourth-order valence-electron chi connectivity index (χ4n) is 2.96. The Morgan fingerprint density at radius 1 is 1.53 bits per heavy atom. The van der Waals surface area contributed by atoms with E-state index in [1.807, 2.05) is 0 Å². The minimum Gasteiger partial charge on any atom is -0.347 e. The average molecular weight is 284 g/mol. The van der Waals surface area contributed by atoms with Crippen molar-refractivity contribution in [2.24, 2.45) is 5.92 Å². The first-order valence-corrected chi connectivity index (χ1v) is 6.84. The zero-order valence-corrected chi connectivity index (χ0v) is 11.2. The van der Waals surface area contributed by atoms with Crippen LogP contribution in [-0.2, 0) is 0 Å². The van der Waals surface area contributed by atoms with E-state index in [-0.39, 0.29) is 22.7 Å². The first-order valence-electron chi connectivity index (χ1n) is 6.46. The average Bonchev–Trinajstić information content (AvgIpc) is 2.72. The molecule has 3 atom stereocenters. The van der Waals surface area contributed by atoms with Crippen molar-refractivity contribution >= 4 is 17.5 Å². The van der Waals surface area contributed by atoms with Crippen molar-refractivity contribution in [2.45, 2.75) is 18.9 Å². The molecule has 102 valence electrons. The number of aromatic nitrogens is 1. The monoisotopic (exact) mass is 283 g/mol. The quantitative estimate of drug-likeness (QED) is 0.898. The van der Waals surface area contributed by atoms with Gasteiger partial charge in [0.25, 0.3) is 5.91 Å². The molecule has 2 fully saturated rings. The summed E-state index contributed by atoms with van der Waals surface area (Å²) in [6.07, 6.45) is 3.37. The molecule has 3 heterocycles. The number of carbonyl (C=O) groups is 1. The lowest BCUT2D eigenvalue weighted by atomic mass is 9.97. The van der Waals surface area contributed by atoms with E-state index < -0.39 is 5.82 Å². The van der Waals surface area contributed by atoms with Crippen molar-refractivity contribution in [1.82, 2.24) is 15.2 Å². The van der Waals surface area contributed by atoms with Gasteiger partial charge in [0.2, 0.25) is 0 Å². The summed E-state index contributed by atoms with van der Waals surface area (Å²) < 4.78 is 13.3. The molecule has 1 N–H and O–H groups in total. The highest BCUT2D eigenvalue weighted by atomic mass is 35.5. The Bertz CT molecular complexity index is 499. The molecule has 4 nitrogen and oxygen atoms in total. The SMILES string of the molecule is O=C(NC1CC2CCN(C2)C1)c1cc(F)c(Cl)cn1. The Balaban J connectivity index is 1.66. The fourth-order valence-corrected chi connectivity index (χ4v) is 3.07. The van der Waals surface area contributed by atoms with Crippen LogP contribution in [0.5, 0.6) is 0 Å². The number of rotatable bonds is 2. The highest BCUT2D eigenvalue weighted by Crippen LogP contribution is 2.26. The predicted molar refractivity (Wildman–Crippen MR) is 69.6 cm³/mol. The molecule has 1 aromatic heterocycles. The summed E-state index contributed by atoms with van der Waals surface area (Å²) >= 11 is 5.55. The fraction of sp³-hybridized carbons (Fsp3) is 0.538. The molecule has 19 heavy (non-hydrogen) atoms. The van der Waals surface area contributed by atoms with E-state index in [0.29, 0.717) is 5.92 Å². The van der Waals surface area contributed by atoms with Crippen LogP contribution in [0.25, 0.3) is 0 Å². The first-order chi connectivity index (χ1) is 9.11. The lowest BCUT2D eigenvalue weighted by Crippen LogP contribution is -2.47. The molecule has 2 bridgehead atoms. The molecule has 2 aliphatic heterocycles. The number of hydrogen-bond acceptors (Lipinski definition) is 3. The van der Waals surface area contributed by atoms with Crippen LogP contribution in [0.1, 0.15) is 23.3 Å². The van der Waals surface area contributed by atoms with Gasteiger partial charge in [-0.1, -0.05) is 11.6 Å². The van der Waals surface area contributed by atoms with Gasteiger partial charge < -0.3 is 10.2 Å². The van der Waals surface area contributed by atoms with Crippen molar-refractivity contribution in [3.63, 3.8) is 0 Å². The van der Waals surface area contributed by atoms with Crippen LogP contribution < -0.4 is 5.32 Å². The molecule has 2 saturated heterocycles. The summed E-state index contributed by atoms with van der Waals surface area (Å²) in [6.45, 7) is 3.13. The number of pyridine rings is 1. The molecule has 0 aromatic carbocycles. The van der Waals surface area contributed by atoms with Gasteiger partial charge in [-0.05, 0) is 25.3 Å². The second-order valence-electron chi connectivity index (χ2n) is 5.30. The van der Waals surface area contributed by atoms with Gasteiger partial charge in [0.05, 0.1) is 5.02 Å². The summed E-state index contributed by atoms with van der Waals surface area (Å²) in [5.41, 5.74) is 0.0785. The van der Waals surface area contributed by atoms with Crippen molar-refractivity contribution in [3.05, 3.63) is 28.8 Å². The van der Waals surface area contributed by atoms with Crippen LogP contribution in [0.3, 0.4) is 0 Å². The first kappa shape index (κ1) is 12.8. The zero-order valence-electron chi connectivity index (χ0n) is 10.4. The van der Waals surface area contributed by atoms with Gasteiger partial charge in [-0.15, -0.1) is 0 Å². The number of amides is 1. The molecule has 2 aliphatic rings. The number of nitrogens with zero attached hydrogens (tertiary/aromatic N) is 2. The Labute approximate surface area is 115 Å². The molecule has 0 saturated carbocycles. The maximum absolute atomic E-state index is 13.3. The molecule has 1 aromatic rings. The van der Waals surface area contributed by atoms with Crippen LogP contribution >= 0.6 is 11.6 Å². The van der Waals surface area contributed by atoms with Crippen LogP contribution in [0.15, 0.2) is 12.3 Å². The van der Waals surface area contributed by atoms with Crippen molar-refractivity contribution in [2.75, 3.05) is 19.6 Å². The van der Waals surface area contributed by atoms with E-state index in [1.165, 1.54) is 12.6 Å². The van der Waals surface area contributed by atoms with Crippen LogP contribution in [0, 0.1) is 11.7 Å². The molecule has 6 heteroatoms. The molecule has 0 spiro atoms. The third-order valence-electron chi connectivity index (χ3n) is 3.84. The maximum atomic E-state index is 13.3. The number of fused-ring (bicyclic) bond motifs is 2. The highest BCUT2D eigenvalue weighted by Gasteiger charge is 2.33. The summed E-state index contributed by atoms with van der Waals surface area (Å²) in [5.74, 6) is -0.272. The van der Waals surface area contributed by atoms with Gasteiger partial charge in [-0.2, -0.15) is 0 Å². The normalized spacial score (nSPS) is 29.3. The second kappa shape index (κ2) is 5.06. The van der Waals surface area contributed by atoms with E-state index in [4.69, 9.17) is 11.6 Å². The Hall–Kier alpha value is -1.20. The molecule has 3 unspecified atom stereocenters. The van der Waals surface area contributed by atoms with Crippen molar-refractivity contribution in [3.8, 4) is 0 Å². The van der Waals surface area contributed by atoms with E-state index in [1.54, 1.807) is 0 Å². The smallest absolute Gasteiger partial charge is 0.270 e. The Morgan fingerprint density at radius 2 is 2.37 bits per heavy atom. The summed E-state index contributed by atoms with van der Waals surface area (Å²) in [6, 6.07) is 1.21. The Morgan fingerprint density at radius 3 is 3.11 bits per heavy atom. The molecule has 1 amide bonds. The number of hydrogen-bond donors (Lipinski definition) is 1. The molecule has 0 aliphatic carbocycles. The minimum atomic E-state index is -0.616. The molecular weight excluding hydrogens is 269 g/mol. The second-order valence-corrected chi connectivity index (χ2v) is 5.71. The third-order valence-corrected chi connectivity index (χ3v) is 4.12. The lowest BCUT2D eigenvalue weighted by molar-refractivity contribution is 0.0904. The molecule has 0 radical (unpaired) electrons. The number of halogens is 2. The number of nitrogens with one attached hydrogen (secondary N) is 1. The molecular formula is C13H15ClFN3O. The van der Waals surface area contributed by atoms with Gasteiger partial charge in [-0.25, -0.2) is 9.37 Å². The summed E-state index contributed by atoms with van der Waals surface area (Å²) in [5, 5.41) is 2.86. The summed E-state index contributed by atoms with van der Waals surface area (Å²) in [4.78, 5) is 18.2. The van der Waals surface area contributed by atoms with E-state index >= 15 is 0 Å². The predicted octanol–water partition coefficient (Wildman–Crippen LogP) is 1.70. The standard InChI is InChI=1S/C13H15ClFN3O/c14-10-5-16-12(4-11(10)15)13(19)17-9-3-8-1-2-18(6-8)7-9/h4-5,8-9H,1-3,6-7H2,(H,17,19). The van der Waals surface area contributed by atoms with Gasteiger partial charge in [0.1, 0.15) is 11.5 Å². The van der Waals surface area contributed by atoms with Crippen LogP contribution in [0.4, 0.5) is 4.39 Å². The third kappa shape index (κ3) is 2.72. The van der Waals surface area contributed by atoms with Gasteiger partial charge >= 0.3 is 0 Å². The van der Waals surface area contributed by atoms with Gasteiger partial charge in [0, 0.05) is 31.4 Å². The van der Waals surface area contributed by atoms with Gasteiger partial charge in [-0.3, -0.25) is 4.79 Å². The maximum Gasteiger partial charge on any atom is 0.270 e. The van der Waals surface area contributed by atoms with Gasteiger partial charge in [0.15, 0.2) is 0 Å². The lowest BCUT2D eigenvalue weighted by Gasteiger charge is -2.30. The van der Waals surface area contributed by atoms with E-state index in [0.717, 1.165) is 32.1 Å². The Kier molecular flexibility index (Phi) is 3.41. The van der Waals surface area contributed by atoms with Crippen molar-refractivity contribution in [1.29, 1.82) is 0 Å². The minimum absolute atomic E-state index is 0.0710. The van der Waals surface area contributed by atoms with Crippen LogP contribution in [0.2, 0.25) is 5.02 Å². The highest BCUT2D eigenvalue weighted by molar-refractivity contribution is 6.30. The zero-order chi connectivity index (χ0) is 13.4. The topological polar surface area (TPSA) is 45.2 Å². The largest absolute Gasteiger partial charge is 0.347 e.